The molecule has 0 spiro atoms. The smallest absolute Gasteiger partial charge is 0.410 e. The lowest BCUT2D eigenvalue weighted by Gasteiger charge is -2.39. The van der Waals surface area contributed by atoms with Crippen LogP contribution in [0, 0.1) is 5.92 Å². The number of hydrogen-bond donors (Lipinski definition) is 1. The molecule has 98 valence electrons. The molecular formula is C13H24N2O2. The maximum Gasteiger partial charge on any atom is 0.410 e. The fourth-order valence-corrected chi connectivity index (χ4v) is 3.08. The average Bonchev–Trinajstić information content (AvgIpc) is 2.58. The lowest BCUT2D eigenvalue weighted by molar-refractivity contribution is 0.00363. The van der Waals surface area contributed by atoms with E-state index >= 15 is 0 Å². The number of nitrogens with zero attached hydrogens (tertiary/aromatic N) is 1. The normalized spacial score (nSPS) is 33.4. The summed E-state index contributed by atoms with van der Waals surface area (Å²) in [4.78, 5) is 14.0. The van der Waals surface area contributed by atoms with E-state index in [-0.39, 0.29) is 12.1 Å². The van der Waals surface area contributed by atoms with Gasteiger partial charge in [0, 0.05) is 18.6 Å². The predicted molar refractivity (Wildman–Crippen MR) is 66.7 cm³/mol. The molecule has 3 atom stereocenters. The molecule has 0 aromatic carbocycles. The highest BCUT2D eigenvalue weighted by atomic mass is 16.6. The van der Waals surface area contributed by atoms with E-state index in [1.54, 1.807) is 0 Å². The maximum atomic E-state index is 12.1. The van der Waals surface area contributed by atoms with E-state index in [9.17, 15) is 4.79 Å². The predicted octanol–water partition coefficient (Wildman–Crippen LogP) is 2.12. The fraction of sp³-hybridized carbons (Fsp3) is 0.923. The maximum absolute atomic E-state index is 12.1. The zero-order valence-electron chi connectivity index (χ0n) is 11.1. The van der Waals surface area contributed by atoms with Crippen LogP contribution in [0.4, 0.5) is 4.79 Å². The first kappa shape index (κ1) is 12.7. The van der Waals surface area contributed by atoms with Crippen LogP contribution < -0.4 is 5.73 Å². The molecule has 1 heterocycles. The quantitative estimate of drug-likeness (QED) is 0.705. The van der Waals surface area contributed by atoms with Crippen molar-refractivity contribution >= 4 is 6.09 Å². The molecule has 1 aliphatic carbocycles. The number of hydrogen-bond acceptors (Lipinski definition) is 3. The first-order valence-electron chi connectivity index (χ1n) is 6.64. The summed E-state index contributed by atoms with van der Waals surface area (Å²) in [6, 6.07) is 0.582. The third-order valence-corrected chi connectivity index (χ3v) is 3.80. The summed E-state index contributed by atoms with van der Waals surface area (Å²) in [7, 11) is 0. The molecule has 2 fully saturated rings. The molecule has 1 saturated carbocycles. The second-order valence-corrected chi connectivity index (χ2v) is 6.29. The molecule has 0 aromatic heterocycles. The molecule has 0 bridgehead atoms. The number of fused-ring (bicyclic) bond motifs is 1. The fourth-order valence-electron chi connectivity index (χ4n) is 3.08. The highest BCUT2D eigenvalue weighted by molar-refractivity contribution is 5.68. The van der Waals surface area contributed by atoms with E-state index in [0.29, 0.717) is 12.0 Å². The van der Waals surface area contributed by atoms with Gasteiger partial charge in [0.05, 0.1) is 0 Å². The van der Waals surface area contributed by atoms with Gasteiger partial charge < -0.3 is 15.4 Å². The Morgan fingerprint density at radius 1 is 1.29 bits per heavy atom. The summed E-state index contributed by atoms with van der Waals surface area (Å²) in [6.07, 6.45) is 4.11. The second kappa shape index (κ2) is 4.48. The molecule has 2 N–H and O–H groups in total. The van der Waals surface area contributed by atoms with Crippen LogP contribution in [-0.4, -0.2) is 35.2 Å². The molecular weight excluding hydrogens is 216 g/mol. The standard InChI is InChI=1S/C13H24N2O2/c1-13(2,3)17-12(16)15-8-4-5-9-10(14)6-7-11(9)15/h9-11H,4-8,14H2,1-3H3/t9-,10+,11+/m1/s1. The van der Waals surface area contributed by atoms with Crippen LogP contribution in [0.5, 0.6) is 0 Å². The van der Waals surface area contributed by atoms with Crippen LogP contribution in [0.3, 0.4) is 0 Å². The molecule has 2 aliphatic rings. The molecule has 1 amide bonds. The molecule has 0 unspecified atom stereocenters. The van der Waals surface area contributed by atoms with Crippen molar-refractivity contribution in [2.75, 3.05) is 6.54 Å². The van der Waals surface area contributed by atoms with Crippen LogP contribution in [-0.2, 0) is 4.74 Å². The van der Waals surface area contributed by atoms with Gasteiger partial charge in [-0.15, -0.1) is 0 Å². The van der Waals surface area contributed by atoms with Crippen molar-refractivity contribution in [3.63, 3.8) is 0 Å². The zero-order valence-corrected chi connectivity index (χ0v) is 11.1. The van der Waals surface area contributed by atoms with Crippen molar-refractivity contribution < 1.29 is 9.53 Å². The van der Waals surface area contributed by atoms with Gasteiger partial charge in [0.2, 0.25) is 0 Å². The minimum Gasteiger partial charge on any atom is -0.444 e. The largest absolute Gasteiger partial charge is 0.444 e. The third-order valence-electron chi connectivity index (χ3n) is 3.80. The Hall–Kier alpha value is -0.770. The molecule has 0 radical (unpaired) electrons. The number of carbonyl (C=O) groups excluding carboxylic acids is 1. The van der Waals surface area contributed by atoms with Crippen molar-refractivity contribution in [3.8, 4) is 0 Å². The van der Waals surface area contributed by atoms with E-state index in [4.69, 9.17) is 10.5 Å². The third kappa shape index (κ3) is 2.73. The van der Waals surface area contributed by atoms with Crippen molar-refractivity contribution in [2.24, 2.45) is 11.7 Å². The Morgan fingerprint density at radius 2 is 2.00 bits per heavy atom. The number of piperidine rings is 1. The molecule has 17 heavy (non-hydrogen) atoms. The summed E-state index contributed by atoms with van der Waals surface area (Å²) in [5.41, 5.74) is 5.69. The number of carbonyl (C=O) groups is 1. The summed E-state index contributed by atoms with van der Waals surface area (Å²) in [5, 5.41) is 0. The van der Waals surface area contributed by atoms with Crippen molar-refractivity contribution in [2.45, 2.75) is 64.1 Å². The Labute approximate surface area is 103 Å². The Bertz CT molecular complexity index is 298. The van der Waals surface area contributed by atoms with Gasteiger partial charge in [-0.3, -0.25) is 0 Å². The van der Waals surface area contributed by atoms with Crippen LogP contribution in [0.1, 0.15) is 46.5 Å². The molecule has 4 nitrogen and oxygen atoms in total. The average molecular weight is 240 g/mol. The molecule has 1 saturated heterocycles. The van der Waals surface area contributed by atoms with Crippen molar-refractivity contribution in [3.05, 3.63) is 0 Å². The van der Waals surface area contributed by atoms with Crippen LogP contribution in [0.15, 0.2) is 0 Å². The minimum atomic E-state index is -0.412. The lowest BCUT2D eigenvalue weighted by atomic mass is 9.90. The van der Waals surface area contributed by atoms with Gasteiger partial charge in [0.15, 0.2) is 0 Å². The zero-order chi connectivity index (χ0) is 12.6. The Balaban J connectivity index is 2.03. The Kier molecular flexibility index (Phi) is 3.34. The Morgan fingerprint density at radius 3 is 2.65 bits per heavy atom. The highest BCUT2D eigenvalue weighted by Crippen LogP contribution is 2.36. The van der Waals surface area contributed by atoms with Gasteiger partial charge in [0.1, 0.15) is 5.60 Å². The molecule has 2 rings (SSSR count). The van der Waals surface area contributed by atoms with Gasteiger partial charge in [-0.05, 0) is 52.4 Å². The van der Waals surface area contributed by atoms with E-state index in [2.05, 4.69) is 0 Å². The number of nitrogens with two attached hydrogens (primary N) is 1. The first-order valence-corrected chi connectivity index (χ1v) is 6.64. The minimum absolute atomic E-state index is 0.165. The van der Waals surface area contributed by atoms with Crippen molar-refractivity contribution in [1.82, 2.24) is 4.90 Å². The second-order valence-electron chi connectivity index (χ2n) is 6.29. The first-order chi connectivity index (χ1) is 7.88. The summed E-state index contributed by atoms with van der Waals surface area (Å²) in [5.74, 6) is 0.483. The van der Waals surface area contributed by atoms with Gasteiger partial charge in [-0.25, -0.2) is 4.79 Å². The van der Waals surface area contributed by atoms with E-state index in [0.717, 1.165) is 32.2 Å². The summed E-state index contributed by atoms with van der Waals surface area (Å²) >= 11 is 0. The van der Waals surface area contributed by atoms with E-state index in [1.165, 1.54) is 0 Å². The van der Waals surface area contributed by atoms with Crippen LogP contribution >= 0.6 is 0 Å². The molecule has 0 aromatic rings. The van der Waals surface area contributed by atoms with E-state index in [1.807, 2.05) is 25.7 Å². The summed E-state index contributed by atoms with van der Waals surface area (Å²) < 4.78 is 5.47. The number of ether oxygens (including phenoxy) is 1. The SMILES string of the molecule is CC(C)(C)OC(=O)N1CCC[C@@H]2[C@@H](N)CC[C@@H]21. The van der Waals surface area contributed by atoms with Crippen LogP contribution in [0.25, 0.3) is 0 Å². The number of rotatable bonds is 0. The number of amides is 1. The van der Waals surface area contributed by atoms with Gasteiger partial charge in [-0.2, -0.15) is 0 Å². The van der Waals surface area contributed by atoms with Gasteiger partial charge in [-0.1, -0.05) is 0 Å². The highest BCUT2D eigenvalue weighted by Gasteiger charge is 2.42. The molecule has 1 aliphatic heterocycles. The van der Waals surface area contributed by atoms with Crippen LogP contribution in [0.2, 0.25) is 0 Å². The summed E-state index contributed by atoms with van der Waals surface area (Å²) in [6.45, 7) is 6.55. The number of likely N-dealkylation sites (tertiary alicyclic amines) is 1. The van der Waals surface area contributed by atoms with Gasteiger partial charge >= 0.3 is 6.09 Å². The van der Waals surface area contributed by atoms with E-state index < -0.39 is 5.60 Å². The van der Waals surface area contributed by atoms with Gasteiger partial charge in [0.25, 0.3) is 0 Å². The molecule has 4 heteroatoms. The lowest BCUT2D eigenvalue weighted by Crippen LogP contribution is -2.50. The van der Waals surface area contributed by atoms with Crippen molar-refractivity contribution in [1.29, 1.82) is 0 Å². The topological polar surface area (TPSA) is 55.6 Å². The monoisotopic (exact) mass is 240 g/mol.